The molecule has 1 aromatic rings. The van der Waals surface area contributed by atoms with Crippen LogP contribution in [-0.4, -0.2) is 24.4 Å². The lowest BCUT2D eigenvalue weighted by Crippen LogP contribution is -2.16. The van der Waals surface area contributed by atoms with Crippen LogP contribution < -0.4 is 10.1 Å². The molecule has 1 rings (SSSR count). The maximum Gasteiger partial charge on any atom is 0.174 e. The molecule has 0 heterocycles. The van der Waals surface area contributed by atoms with E-state index in [0.29, 0.717) is 0 Å². The summed E-state index contributed by atoms with van der Waals surface area (Å²) in [6.45, 7) is 3.53. The molecule has 0 bridgehead atoms. The van der Waals surface area contributed by atoms with Crippen LogP contribution in [0, 0.1) is 11.3 Å². The number of hydrogen-bond donors (Lipinski definition) is 2. The summed E-state index contributed by atoms with van der Waals surface area (Å²) in [6, 6.07) is 9.65. The van der Waals surface area contributed by atoms with Gasteiger partial charge in [0.15, 0.2) is 6.61 Å². The number of aliphatic hydroxyl groups is 1. The monoisotopic (exact) mass is 248 g/mol. The molecule has 0 aliphatic heterocycles. The topological polar surface area (TPSA) is 65.3 Å². The van der Waals surface area contributed by atoms with Gasteiger partial charge in [0.1, 0.15) is 11.8 Å². The summed E-state index contributed by atoms with van der Waals surface area (Å²) >= 11 is 0. The molecule has 0 spiro atoms. The number of nitriles is 1. The Hall–Kier alpha value is -1.57. The van der Waals surface area contributed by atoms with Crippen LogP contribution in [0.4, 0.5) is 0 Å². The van der Waals surface area contributed by atoms with Crippen LogP contribution in [0.1, 0.15) is 25.3 Å². The van der Waals surface area contributed by atoms with E-state index in [1.807, 2.05) is 30.3 Å². The van der Waals surface area contributed by atoms with E-state index in [2.05, 4.69) is 5.32 Å². The molecule has 0 saturated carbocycles. The second kappa shape index (κ2) is 8.51. The van der Waals surface area contributed by atoms with Crippen LogP contribution in [0.2, 0.25) is 0 Å². The van der Waals surface area contributed by atoms with Crippen molar-refractivity contribution in [3.8, 4) is 11.8 Å². The Balaban J connectivity index is 2.27. The van der Waals surface area contributed by atoms with Crippen LogP contribution in [-0.2, 0) is 6.54 Å². The van der Waals surface area contributed by atoms with Crippen molar-refractivity contribution in [2.45, 2.75) is 32.4 Å². The number of rotatable bonds is 8. The van der Waals surface area contributed by atoms with Gasteiger partial charge in [-0.3, -0.25) is 0 Å². The second-order valence-electron chi connectivity index (χ2n) is 4.26. The Morgan fingerprint density at radius 1 is 1.50 bits per heavy atom. The van der Waals surface area contributed by atoms with Gasteiger partial charge in [0.05, 0.1) is 6.10 Å². The van der Waals surface area contributed by atoms with Gasteiger partial charge in [-0.15, -0.1) is 0 Å². The lowest BCUT2D eigenvalue weighted by Gasteiger charge is -2.08. The van der Waals surface area contributed by atoms with E-state index >= 15 is 0 Å². The van der Waals surface area contributed by atoms with Crippen molar-refractivity contribution < 1.29 is 9.84 Å². The summed E-state index contributed by atoms with van der Waals surface area (Å²) < 4.78 is 5.23. The molecule has 4 nitrogen and oxygen atoms in total. The molecular formula is C14H20N2O2. The Kier molecular flexibility index (Phi) is 6.85. The first-order chi connectivity index (χ1) is 8.72. The molecule has 0 aliphatic carbocycles. The van der Waals surface area contributed by atoms with E-state index in [-0.39, 0.29) is 12.7 Å². The highest BCUT2D eigenvalue weighted by Gasteiger charge is 1.98. The minimum Gasteiger partial charge on any atom is -0.479 e. The summed E-state index contributed by atoms with van der Waals surface area (Å²) in [5.41, 5.74) is 1.13. The molecule has 1 unspecified atom stereocenters. The average Bonchev–Trinajstić information content (AvgIpc) is 2.36. The van der Waals surface area contributed by atoms with Gasteiger partial charge in [0, 0.05) is 6.54 Å². The van der Waals surface area contributed by atoms with Crippen molar-refractivity contribution in [1.82, 2.24) is 5.32 Å². The summed E-state index contributed by atoms with van der Waals surface area (Å²) in [5, 5.41) is 20.9. The van der Waals surface area contributed by atoms with Crippen molar-refractivity contribution in [3.05, 3.63) is 29.8 Å². The third-order valence-electron chi connectivity index (χ3n) is 2.51. The summed E-state index contributed by atoms with van der Waals surface area (Å²) in [6.07, 6.45) is 1.55. The highest BCUT2D eigenvalue weighted by Crippen LogP contribution is 2.12. The van der Waals surface area contributed by atoms with Gasteiger partial charge in [-0.05, 0) is 44.0 Å². The molecule has 98 valence electrons. The van der Waals surface area contributed by atoms with Crippen molar-refractivity contribution in [2.24, 2.45) is 0 Å². The Labute approximate surface area is 108 Å². The zero-order chi connectivity index (χ0) is 13.2. The van der Waals surface area contributed by atoms with E-state index in [0.717, 1.165) is 37.2 Å². The molecule has 0 saturated heterocycles. The lowest BCUT2D eigenvalue weighted by atomic mass is 10.2. The molecule has 0 radical (unpaired) electrons. The van der Waals surface area contributed by atoms with Crippen LogP contribution in [0.3, 0.4) is 0 Å². The van der Waals surface area contributed by atoms with Gasteiger partial charge >= 0.3 is 0 Å². The number of aliphatic hydroxyl groups excluding tert-OH is 1. The molecule has 0 amide bonds. The lowest BCUT2D eigenvalue weighted by molar-refractivity contribution is 0.181. The SMILES string of the molecule is CC(O)CCCNCc1cccc(OCC#N)c1. The van der Waals surface area contributed by atoms with Crippen molar-refractivity contribution in [2.75, 3.05) is 13.2 Å². The summed E-state index contributed by atoms with van der Waals surface area (Å²) in [7, 11) is 0. The first kappa shape index (κ1) is 14.5. The highest BCUT2D eigenvalue weighted by atomic mass is 16.5. The van der Waals surface area contributed by atoms with E-state index < -0.39 is 0 Å². The molecule has 4 heteroatoms. The van der Waals surface area contributed by atoms with Crippen molar-refractivity contribution in [1.29, 1.82) is 5.26 Å². The van der Waals surface area contributed by atoms with E-state index in [1.165, 1.54) is 0 Å². The third kappa shape index (κ3) is 6.24. The zero-order valence-electron chi connectivity index (χ0n) is 10.7. The molecule has 2 N–H and O–H groups in total. The fourth-order valence-electron chi connectivity index (χ4n) is 1.62. The predicted molar refractivity (Wildman–Crippen MR) is 70.2 cm³/mol. The number of hydrogen-bond acceptors (Lipinski definition) is 4. The van der Waals surface area contributed by atoms with Gasteiger partial charge in [-0.2, -0.15) is 5.26 Å². The van der Waals surface area contributed by atoms with Gasteiger partial charge in [-0.25, -0.2) is 0 Å². The largest absolute Gasteiger partial charge is 0.479 e. The number of ether oxygens (including phenoxy) is 1. The molecule has 0 aliphatic rings. The fourth-order valence-corrected chi connectivity index (χ4v) is 1.62. The van der Waals surface area contributed by atoms with Crippen molar-refractivity contribution in [3.63, 3.8) is 0 Å². The molecule has 0 fully saturated rings. The van der Waals surface area contributed by atoms with Gasteiger partial charge < -0.3 is 15.2 Å². The average molecular weight is 248 g/mol. The van der Waals surface area contributed by atoms with E-state index in [1.54, 1.807) is 6.92 Å². The third-order valence-corrected chi connectivity index (χ3v) is 2.51. The second-order valence-corrected chi connectivity index (χ2v) is 4.26. The quantitative estimate of drug-likeness (QED) is 0.689. The minimum absolute atomic E-state index is 0.0747. The molecule has 1 atom stereocenters. The Bertz CT molecular complexity index is 386. The number of benzene rings is 1. The first-order valence-electron chi connectivity index (χ1n) is 6.20. The number of nitrogens with one attached hydrogen (secondary N) is 1. The first-order valence-corrected chi connectivity index (χ1v) is 6.20. The Morgan fingerprint density at radius 3 is 3.06 bits per heavy atom. The van der Waals surface area contributed by atoms with Crippen LogP contribution in [0.5, 0.6) is 5.75 Å². The van der Waals surface area contributed by atoms with Crippen LogP contribution >= 0.6 is 0 Å². The van der Waals surface area contributed by atoms with Gasteiger partial charge in [0.25, 0.3) is 0 Å². The highest BCUT2D eigenvalue weighted by molar-refractivity contribution is 5.28. The maximum atomic E-state index is 9.12. The molecule has 18 heavy (non-hydrogen) atoms. The van der Waals surface area contributed by atoms with Gasteiger partial charge in [-0.1, -0.05) is 12.1 Å². The fraction of sp³-hybridized carbons (Fsp3) is 0.500. The normalized spacial score (nSPS) is 11.8. The predicted octanol–water partition coefficient (Wildman–Crippen LogP) is 1.84. The Morgan fingerprint density at radius 2 is 2.33 bits per heavy atom. The van der Waals surface area contributed by atoms with E-state index in [9.17, 15) is 0 Å². The zero-order valence-corrected chi connectivity index (χ0v) is 10.7. The number of nitrogens with zero attached hydrogens (tertiary/aromatic N) is 1. The maximum absolute atomic E-state index is 9.12. The van der Waals surface area contributed by atoms with Crippen LogP contribution in [0.25, 0.3) is 0 Å². The smallest absolute Gasteiger partial charge is 0.174 e. The van der Waals surface area contributed by atoms with Crippen LogP contribution in [0.15, 0.2) is 24.3 Å². The van der Waals surface area contributed by atoms with Crippen molar-refractivity contribution >= 4 is 0 Å². The summed E-state index contributed by atoms with van der Waals surface area (Å²) in [5.74, 6) is 0.722. The minimum atomic E-state index is -0.227. The summed E-state index contributed by atoms with van der Waals surface area (Å²) in [4.78, 5) is 0. The van der Waals surface area contributed by atoms with Gasteiger partial charge in [0.2, 0.25) is 0 Å². The molecular weight excluding hydrogens is 228 g/mol. The standard InChI is InChI=1S/C14H20N2O2/c1-12(17)4-3-8-16-11-13-5-2-6-14(10-13)18-9-7-15/h2,5-6,10,12,16-17H,3-4,8-9,11H2,1H3. The van der Waals surface area contributed by atoms with E-state index in [4.69, 9.17) is 15.1 Å². The molecule has 0 aromatic heterocycles. The molecule has 1 aromatic carbocycles.